The van der Waals surface area contributed by atoms with E-state index in [0.29, 0.717) is 12.2 Å². The highest BCUT2D eigenvalue weighted by Crippen LogP contribution is 2.21. The average Bonchev–Trinajstić information content (AvgIpc) is 2.75. The van der Waals surface area contributed by atoms with Gasteiger partial charge in [-0.25, -0.2) is 9.78 Å². The lowest BCUT2D eigenvalue weighted by Gasteiger charge is -2.19. The fraction of sp³-hybridized carbons (Fsp3) is 0.714. The molecule has 0 spiro atoms. The van der Waals surface area contributed by atoms with Gasteiger partial charge >= 0.3 is 6.09 Å². The van der Waals surface area contributed by atoms with Gasteiger partial charge in [-0.1, -0.05) is 13.8 Å². The summed E-state index contributed by atoms with van der Waals surface area (Å²) < 4.78 is 5.11. The van der Waals surface area contributed by atoms with Crippen molar-refractivity contribution in [3.8, 4) is 0 Å². The summed E-state index contributed by atoms with van der Waals surface area (Å²) in [5.41, 5.74) is -0.861. The van der Waals surface area contributed by atoms with Gasteiger partial charge in [0.05, 0.1) is 12.2 Å². The Morgan fingerprint density at radius 1 is 1.35 bits per heavy atom. The minimum absolute atomic E-state index is 0.301. The maximum Gasteiger partial charge on any atom is 0.408 e. The molecule has 0 saturated carbocycles. The van der Waals surface area contributed by atoms with Crippen LogP contribution in [0.1, 0.15) is 59.2 Å². The standard InChI is InChI=1S/C12H20N2O3S.C2H6/c1-11(2,3)17-10(15)13-6-9-14-8(7-18-9)12(4,5)16;1-2/h7,16H,6H2,1-5H3,(H,13,15);1-2H3. The third-order valence-electron chi connectivity index (χ3n) is 1.96. The molecule has 2 N–H and O–H groups in total. The first-order valence-corrected chi connectivity index (χ1v) is 7.60. The van der Waals surface area contributed by atoms with Crippen LogP contribution in [0.5, 0.6) is 0 Å². The maximum atomic E-state index is 11.4. The van der Waals surface area contributed by atoms with Gasteiger partial charge in [-0.3, -0.25) is 0 Å². The summed E-state index contributed by atoms with van der Waals surface area (Å²) in [6.07, 6.45) is -0.470. The van der Waals surface area contributed by atoms with Crippen molar-refractivity contribution in [3.05, 3.63) is 16.1 Å². The lowest BCUT2D eigenvalue weighted by Crippen LogP contribution is -2.32. The molecule has 0 fully saturated rings. The van der Waals surface area contributed by atoms with E-state index in [1.54, 1.807) is 19.2 Å². The first-order chi connectivity index (χ1) is 9.08. The molecule has 0 aliphatic carbocycles. The normalized spacial score (nSPS) is 11.4. The fourth-order valence-corrected chi connectivity index (χ4v) is 2.03. The molecule has 1 amide bonds. The summed E-state index contributed by atoms with van der Waals surface area (Å²) in [5.74, 6) is 0. The molecule has 0 atom stereocenters. The monoisotopic (exact) mass is 302 g/mol. The number of hydrogen-bond acceptors (Lipinski definition) is 5. The Balaban J connectivity index is 0.00000172. The summed E-state index contributed by atoms with van der Waals surface area (Å²) >= 11 is 1.39. The molecule has 1 aromatic rings. The molecule has 20 heavy (non-hydrogen) atoms. The number of hydrogen-bond donors (Lipinski definition) is 2. The van der Waals surface area contributed by atoms with Crippen LogP contribution in [-0.4, -0.2) is 21.8 Å². The van der Waals surface area contributed by atoms with Gasteiger partial charge in [-0.15, -0.1) is 11.3 Å². The van der Waals surface area contributed by atoms with Crippen LogP contribution in [-0.2, 0) is 16.9 Å². The number of nitrogens with zero attached hydrogens (tertiary/aromatic N) is 1. The summed E-state index contributed by atoms with van der Waals surface area (Å²) in [6.45, 7) is 13.1. The van der Waals surface area contributed by atoms with Gasteiger partial charge in [0.1, 0.15) is 16.2 Å². The second-order valence-electron chi connectivity index (χ2n) is 5.54. The number of aromatic nitrogens is 1. The Morgan fingerprint density at radius 2 is 1.90 bits per heavy atom. The van der Waals surface area contributed by atoms with Crippen LogP contribution in [0.3, 0.4) is 0 Å². The van der Waals surface area contributed by atoms with E-state index in [2.05, 4.69) is 10.3 Å². The summed E-state index contributed by atoms with van der Waals surface area (Å²) in [7, 11) is 0. The lowest BCUT2D eigenvalue weighted by atomic mass is 10.1. The van der Waals surface area contributed by atoms with Crippen LogP contribution in [0.15, 0.2) is 5.38 Å². The Hall–Kier alpha value is -1.14. The molecule has 116 valence electrons. The molecule has 0 aliphatic rings. The van der Waals surface area contributed by atoms with Crippen molar-refractivity contribution >= 4 is 17.4 Å². The van der Waals surface area contributed by atoms with E-state index in [1.165, 1.54) is 11.3 Å². The number of carbonyl (C=O) groups is 1. The Bertz CT molecular complexity index is 417. The summed E-state index contributed by atoms with van der Waals surface area (Å²) in [5, 5.41) is 14.9. The topological polar surface area (TPSA) is 71.5 Å². The van der Waals surface area contributed by atoms with E-state index in [9.17, 15) is 9.90 Å². The zero-order valence-electron chi connectivity index (χ0n) is 13.4. The van der Waals surface area contributed by atoms with Crippen LogP contribution in [0, 0.1) is 0 Å². The Kier molecular flexibility index (Phi) is 7.16. The van der Waals surface area contributed by atoms with Gasteiger partial charge in [0.15, 0.2) is 0 Å². The number of ether oxygens (including phenoxy) is 1. The molecule has 0 saturated heterocycles. The number of carbonyl (C=O) groups excluding carboxylic acids is 1. The number of amides is 1. The number of alkyl carbamates (subject to hydrolysis) is 1. The van der Waals surface area contributed by atoms with E-state index in [-0.39, 0.29) is 0 Å². The van der Waals surface area contributed by atoms with E-state index in [1.807, 2.05) is 34.6 Å². The van der Waals surface area contributed by atoms with E-state index in [0.717, 1.165) is 5.01 Å². The first-order valence-electron chi connectivity index (χ1n) is 6.72. The molecule has 0 aromatic carbocycles. The number of aliphatic hydroxyl groups is 1. The highest BCUT2D eigenvalue weighted by molar-refractivity contribution is 7.09. The molecule has 6 heteroatoms. The lowest BCUT2D eigenvalue weighted by molar-refractivity contribution is 0.0523. The van der Waals surface area contributed by atoms with Crippen molar-refractivity contribution in [1.29, 1.82) is 0 Å². The van der Waals surface area contributed by atoms with Crippen molar-refractivity contribution in [3.63, 3.8) is 0 Å². The van der Waals surface area contributed by atoms with Gasteiger partial charge in [-0.2, -0.15) is 0 Å². The van der Waals surface area contributed by atoms with Gasteiger partial charge in [0, 0.05) is 5.38 Å². The molecular formula is C14H26N2O3S. The summed E-state index contributed by atoms with van der Waals surface area (Å²) in [4.78, 5) is 15.7. The number of thiazole rings is 1. The quantitative estimate of drug-likeness (QED) is 0.897. The number of rotatable bonds is 3. The van der Waals surface area contributed by atoms with Crippen molar-refractivity contribution in [2.75, 3.05) is 0 Å². The van der Waals surface area contributed by atoms with Gasteiger partial charge in [0.25, 0.3) is 0 Å². The predicted molar refractivity (Wildman–Crippen MR) is 81.8 cm³/mol. The summed E-state index contributed by atoms with van der Waals surface area (Å²) in [6, 6.07) is 0. The largest absolute Gasteiger partial charge is 0.444 e. The molecule has 0 unspecified atom stereocenters. The van der Waals surface area contributed by atoms with Crippen molar-refractivity contribution in [2.24, 2.45) is 0 Å². The molecule has 5 nitrogen and oxygen atoms in total. The van der Waals surface area contributed by atoms with Gasteiger partial charge in [0.2, 0.25) is 0 Å². The minimum Gasteiger partial charge on any atom is -0.444 e. The highest BCUT2D eigenvalue weighted by Gasteiger charge is 2.20. The first kappa shape index (κ1) is 18.9. The molecule has 0 bridgehead atoms. The van der Waals surface area contributed by atoms with Crippen LogP contribution in [0.4, 0.5) is 4.79 Å². The van der Waals surface area contributed by atoms with E-state index >= 15 is 0 Å². The van der Waals surface area contributed by atoms with Gasteiger partial charge in [-0.05, 0) is 34.6 Å². The molecule has 0 aliphatic heterocycles. The SMILES string of the molecule is CC.CC(C)(C)OC(=O)NCc1nc(C(C)(C)O)cs1. The second kappa shape index (κ2) is 7.59. The molecular weight excluding hydrogens is 276 g/mol. The fourth-order valence-electron chi connectivity index (χ4n) is 1.14. The molecule has 0 radical (unpaired) electrons. The van der Waals surface area contributed by atoms with Crippen molar-refractivity contribution in [1.82, 2.24) is 10.3 Å². The molecule has 1 heterocycles. The smallest absolute Gasteiger partial charge is 0.408 e. The second-order valence-corrected chi connectivity index (χ2v) is 6.48. The van der Waals surface area contributed by atoms with Crippen molar-refractivity contribution < 1.29 is 14.6 Å². The highest BCUT2D eigenvalue weighted by atomic mass is 32.1. The Labute approximate surface area is 125 Å². The predicted octanol–water partition coefficient (Wildman–Crippen LogP) is 3.42. The molecule has 1 rings (SSSR count). The average molecular weight is 302 g/mol. The minimum atomic E-state index is -0.958. The Morgan fingerprint density at radius 3 is 2.30 bits per heavy atom. The van der Waals surface area contributed by atoms with Crippen LogP contribution in [0.2, 0.25) is 0 Å². The number of nitrogens with one attached hydrogen (secondary N) is 1. The van der Waals surface area contributed by atoms with Gasteiger partial charge < -0.3 is 15.2 Å². The zero-order valence-corrected chi connectivity index (χ0v) is 14.2. The molecule has 1 aromatic heterocycles. The van der Waals surface area contributed by atoms with Crippen LogP contribution in [0.25, 0.3) is 0 Å². The zero-order chi connectivity index (χ0) is 16.0. The van der Waals surface area contributed by atoms with E-state index in [4.69, 9.17) is 4.74 Å². The van der Waals surface area contributed by atoms with Crippen LogP contribution >= 0.6 is 11.3 Å². The third kappa shape index (κ3) is 7.45. The maximum absolute atomic E-state index is 11.4. The third-order valence-corrected chi connectivity index (χ3v) is 2.81. The van der Waals surface area contributed by atoms with E-state index < -0.39 is 17.3 Å². The van der Waals surface area contributed by atoms with Crippen LogP contribution < -0.4 is 5.32 Å². The van der Waals surface area contributed by atoms with Crippen molar-refractivity contribution in [2.45, 2.75) is 66.2 Å².